The van der Waals surface area contributed by atoms with Crippen molar-refractivity contribution in [3.05, 3.63) is 101 Å². The van der Waals surface area contributed by atoms with Crippen molar-refractivity contribution in [2.75, 3.05) is 0 Å². The van der Waals surface area contributed by atoms with Crippen molar-refractivity contribution in [3.63, 3.8) is 0 Å². The summed E-state index contributed by atoms with van der Waals surface area (Å²) in [6.45, 7) is 3.73. The van der Waals surface area contributed by atoms with E-state index in [0.29, 0.717) is 33.6 Å². The fraction of sp³-hybridized carbons (Fsp3) is 0.111. The maximum atomic E-state index is 13.3. The van der Waals surface area contributed by atoms with Crippen molar-refractivity contribution in [1.29, 1.82) is 0 Å². The molecule has 0 saturated heterocycles. The molecule has 176 valence electrons. The number of alkyl halides is 3. The molecule has 0 saturated carbocycles. The summed E-state index contributed by atoms with van der Waals surface area (Å²) in [6, 6.07) is 21.5. The molecular weight excluding hydrogens is 475 g/mol. The Kier molecular flexibility index (Phi) is 5.73. The van der Waals surface area contributed by atoms with Crippen molar-refractivity contribution in [3.8, 4) is 39.4 Å². The van der Waals surface area contributed by atoms with Crippen LogP contribution in [0.4, 0.5) is 13.2 Å². The van der Waals surface area contributed by atoms with Gasteiger partial charge in [0.2, 0.25) is 0 Å². The van der Waals surface area contributed by atoms with Gasteiger partial charge in [0.1, 0.15) is 5.69 Å². The van der Waals surface area contributed by atoms with Crippen LogP contribution in [0, 0.1) is 13.8 Å². The maximum Gasteiger partial charge on any atom is 0.435 e. The number of rotatable bonds is 4. The molecule has 0 bridgehead atoms. The van der Waals surface area contributed by atoms with Crippen LogP contribution < -0.4 is 0 Å². The van der Waals surface area contributed by atoms with Gasteiger partial charge in [0, 0.05) is 29.3 Å². The molecule has 0 radical (unpaired) electrons. The number of oxazole rings is 1. The molecule has 0 fully saturated rings. The number of halogens is 4. The Balaban J connectivity index is 1.74. The predicted octanol–water partition coefficient (Wildman–Crippen LogP) is 8.15. The van der Waals surface area contributed by atoms with Crippen LogP contribution in [-0.4, -0.2) is 14.8 Å². The fourth-order valence-corrected chi connectivity index (χ4v) is 4.07. The molecule has 0 amide bonds. The van der Waals surface area contributed by atoms with Gasteiger partial charge in [-0.15, -0.1) is 0 Å². The van der Waals surface area contributed by atoms with Crippen LogP contribution in [0.2, 0.25) is 5.02 Å². The smallest absolute Gasteiger partial charge is 0.435 e. The Morgan fingerprint density at radius 3 is 2.26 bits per heavy atom. The van der Waals surface area contributed by atoms with E-state index in [2.05, 4.69) is 10.1 Å². The average Bonchev–Trinajstić information content (AvgIpc) is 3.46. The summed E-state index contributed by atoms with van der Waals surface area (Å²) in [5, 5.41) is 4.37. The minimum absolute atomic E-state index is 0.424. The lowest BCUT2D eigenvalue weighted by molar-refractivity contribution is -0.141. The van der Waals surface area contributed by atoms with Gasteiger partial charge in [0.15, 0.2) is 17.3 Å². The number of aromatic nitrogens is 3. The van der Waals surface area contributed by atoms with Crippen LogP contribution in [0.25, 0.3) is 39.4 Å². The lowest BCUT2D eigenvalue weighted by Crippen LogP contribution is -2.07. The van der Waals surface area contributed by atoms with E-state index in [-0.39, 0.29) is 0 Å². The van der Waals surface area contributed by atoms with Gasteiger partial charge in [0.05, 0.1) is 5.69 Å². The molecule has 0 unspecified atom stereocenters. The zero-order valence-corrected chi connectivity index (χ0v) is 19.5. The van der Waals surface area contributed by atoms with Gasteiger partial charge in [-0.2, -0.15) is 18.3 Å². The van der Waals surface area contributed by atoms with Crippen LogP contribution >= 0.6 is 11.6 Å². The van der Waals surface area contributed by atoms with Gasteiger partial charge < -0.3 is 4.42 Å². The largest absolute Gasteiger partial charge is 0.440 e. The number of hydrogen-bond donors (Lipinski definition) is 0. The molecule has 3 aromatic carbocycles. The maximum absolute atomic E-state index is 13.3. The quantitative estimate of drug-likeness (QED) is 0.254. The summed E-state index contributed by atoms with van der Waals surface area (Å²) in [6.07, 6.45) is -3.26. The fourth-order valence-electron chi connectivity index (χ4n) is 3.95. The Morgan fingerprint density at radius 1 is 0.857 bits per heavy atom. The van der Waals surface area contributed by atoms with Crippen molar-refractivity contribution < 1.29 is 17.6 Å². The number of nitrogens with zero attached hydrogens (tertiary/aromatic N) is 3. The molecule has 0 aliphatic rings. The summed E-state index contributed by atoms with van der Waals surface area (Å²) in [5.74, 6) is 0.915. The first kappa shape index (κ1) is 22.9. The first-order chi connectivity index (χ1) is 16.7. The summed E-state index contributed by atoms with van der Waals surface area (Å²) in [4.78, 5) is 4.61. The Labute approximate surface area is 204 Å². The van der Waals surface area contributed by atoms with E-state index in [1.807, 2.05) is 55.5 Å². The zero-order valence-electron chi connectivity index (χ0n) is 18.8. The van der Waals surface area contributed by atoms with Gasteiger partial charge >= 0.3 is 6.18 Å². The van der Waals surface area contributed by atoms with E-state index in [9.17, 15) is 13.2 Å². The minimum Gasteiger partial charge on any atom is -0.440 e. The number of hydrogen-bond acceptors (Lipinski definition) is 3. The SMILES string of the molecule is Cc1cccc(-c2ccc(-n3ccc(C(F)(F)F)n3)c(-c3nc(C)oc3-c3ccc(Cl)cc3)c2)c1. The standard InChI is InChI=1S/C27H19ClF3N3O/c1-16-4-3-5-19(14-16)20-8-11-23(34-13-12-24(33-34)27(29,30)31)22(15-20)25-26(35-17(2)32-25)18-6-9-21(28)10-7-18/h3-15H,1-2H3. The number of aryl methyl sites for hydroxylation is 2. The molecule has 0 atom stereocenters. The molecular formula is C27H19ClF3N3O. The lowest BCUT2D eigenvalue weighted by Gasteiger charge is -2.13. The van der Waals surface area contributed by atoms with E-state index >= 15 is 0 Å². The van der Waals surface area contributed by atoms with Gasteiger partial charge in [-0.25, -0.2) is 9.67 Å². The second kappa shape index (κ2) is 8.74. The monoisotopic (exact) mass is 493 g/mol. The molecule has 0 aliphatic heterocycles. The van der Waals surface area contributed by atoms with Crippen LogP contribution in [0.1, 0.15) is 17.1 Å². The van der Waals surface area contributed by atoms with E-state index in [1.54, 1.807) is 25.1 Å². The molecule has 2 heterocycles. The Hall–Kier alpha value is -3.84. The topological polar surface area (TPSA) is 43.9 Å². The van der Waals surface area contributed by atoms with Crippen LogP contribution in [0.3, 0.4) is 0 Å². The normalized spacial score (nSPS) is 11.7. The highest BCUT2D eigenvalue weighted by atomic mass is 35.5. The van der Waals surface area contributed by atoms with Crippen molar-refractivity contribution >= 4 is 11.6 Å². The van der Waals surface area contributed by atoms with Gasteiger partial charge in [-0.3, -0.25) is 0 Å². The third-order valence-electron chi connectivity index (χ3n) is 5.57. The summed E-state index contributed by atoms with van der Waals surface area (Å²) in [5.41, 5.74) is 4.25. The predicted molar refractivity (Wildman–Crippen MR) is 129 cm³/mol. The summed E-state index contributed by atoms with van der Waals surface area (Å²) in [7, 11) is 0. The van der Waals surface area contributed by atoms with Crippen molar-refractivity contribution in [1.82, 2.24) is 14.8 Å². The molecule has 0 spiro atoms. The third-order valence-corrected chi connectivity index (χ3v) is 5.82. The molecule has 2 aromatic heterocycles. The van der Waals surface area contributed by atoms with Gasteiger partial charge in [-0.1, -0.05) is 47.5 Å². The van der Waals surface area contributed by atoms with Gasteiger partial charge in [0.25, 0.3) is 0 Å². The zero-order chi connectivity index (χ0) is 24.7. The molecule has 35 heavy (non-hydrogen) atoms. The minimum atomic E-state index is -4.55. The van der Waals surface area contributed by atoms with Crippen LogP contribution in [0.5, 0.6) is 0 Å². The summed E-state index contributed by atoms with van der Waals surface area (Å²) < 4.78 is 47.0. The molecule has 0 N–H and O–H groups in total. The molecule has 8 heteroatoms. The highest BCUT2D eigenvalue weighted by Gasteiger charge is 2.34. The van der Waals surface area contributed by atoms with E-state index in [4.69, 9.17) is 16.0 Å². The second-order valence-corrected chi connectivity index (χ2v) is 8.60. The first-order valence-electron chi connectivity index (χ1n) is 10.8. The second-order valence-electron chi connectivity index (χ2n) is 8.16. The summed E-state index contributed by atoms with van der Waals surface area (Å²) >= 11 is 6.06. The highest BCUT2D eigenvalue weighted by molar-refractivity contribution is 6.30. The lowest BCUT2D eigenvalue weighted by atomic mass is 9.97. The average molecular weight is 494 g/mol. The Bertz CT molecular complexity index is 1520. The van der Waals surface area contributed by atoms with Crippen molar-refractivity contribution in [2.45, 2.75) is 20.0 Å². The highest BCUT2D eigenvalue weighted by Crippen LogP contribution is 2.39. The number of benzene rings is 3. The van der Waals surface area contributed by atoms with Crippen LogP contribution in [0.15, 0.2) is 83.4 Å². The molecule has 5 rings (SSSR count). The van der Waals surface area contributed by atoms with E-state index in [1.165, 1.54) is 10.9 Å². The third kappa shape index (κ3) is 4.59. The van der Waals surface area contributed by atoms with Gasteiger partial charge in [-0.05, 0) is 60.5 Å². The first-order valence-corrected chi connectivity index (χ1v) is 11.1. The van der Waals surface area contributed by atoms with Crippen molar-refractivity contribution in [2.24, 2.45) is 0 Å². The molecule has 0 aliphatic carbocycles. The molecule has 4 nitrogen and oxygen atoms in total. The van der Waals surface area contributed by atoms with Crippen LogP contribution in [-0.2, 0) is 6.18 Å². The Morgan fingerprint density at radius 2 is 1.57 bits per heavy atom. The molecule has 5 aromatic rings. The van der Waals surface area contributed by atoms with E-state index < -0.39 is 11.9 Å². The van der Waals surface area contributed by atoms with E-state index in [0.717, 1.165) is 28.3 Å².